The molecule has 6 rings (SSSR count). The van der Waals surface area contributed by atoms with Gasteiger partial charge in [0.1, 0.15) is 6.04 Å². The van der Waals surface area contributed by atoms with Crippen molar-refractivity contribution >= 4 is 34.7 Å². The van der Waals surface area contributed by atoms with Crippen molar-refractivity contribution in [1.29, 1.82) is 0 Å². The summed E-state index contributed by atoms with van der Waals surface area (Å²) in [4.78, 5) is 43.1. The Bertz CT molecular complexity index is 1290. The average Bonchev–Trinajstić information content (AvgIpc) is 3.53. The number of piperazine rings is 1. The third-order valence-corrected chi connectivity index (χ3v) is 7.03. The van der Waals surface area contributed by atoms with E-state index in [-0.39, 0.29) is 31.1 Å². The molecule has 0 aliphatic carbocycles. The van der Waals surface area contributed by atoms with Crippen LogP contribution in [0.5, 0.6) is 11.5 Å². The van der Waals surface area contributed by atoms with E-state index in [0.717, 1.165) is 11.1 Å². The molecule has 166 valence electrons. The number of nitrogens with one attached hydrogen (secondary N) is 1. The lowest BCUT2D eigenvalue weighted by atomic mass is 10.0. The number of ether oxygens (including phenoxy) is 2. The van der Waals surface area contributed by atoms with Gasteiger partial charge in [0.05, 0.1) is 22.7 Å². The van der Waals surface area contributed by atoms with Gasteiger partial charge in [-0.05, 0) is 46.8 Å². The number of hydrogen-bond acceptors (Lipinski definition) is 6. The predicted molar refractivity (Wildman–Crippen MR) is 122 cm³/mol. The van der Waals surface area contributed by atoms with E-state index in [1.165, 1.54) is 11.3 Å². The van der Waals surface area contributed by atoms with E-state index in [0.29, 0.717) is 40.7 Å². The first kappa shape index (κ1) is 19.8. The number of nitrogens with zero attached hydrogens (tertiary/aromatic N) is 2. The molecule has 9 heteroatoms. The van der Waals surface area contributed by atoms with Crippen LogP contribution in [-0.2, 0) is 4.79 Å². The highest BCUT2D eigenvalue weighted by atomic mass is 32.1. The fourth-order valence-corrected chi connectivity index (χ4v) is 5.14. The molecular formula is C24H19N3O5S. The van der Waals surface area contributed by atoms with Gasteiger partial charge in [-0.2, -0.15) is 0 Å². The summed E-state index contributed by atoms with van der Waals surface area (Å²) in [6.07, 6.45) is 0. The summed E-state index contributed by atoms with van der Waals surface area (Å²) >= 11 is 1.37. The molecule has 8 nitrogen and oxygen atoms in total. The van der Waals surface area contributed by atoms with Crippen LogP contribution in [0.15, 0.2) is 53.9 Å². The summed E-state index contributed by atoms with van der Waals surface area (Å²) in [6, 6.07) is 13.9. The molecule has 3 aliphatic rings. The molecule has 3 amide bonds. The fraction of sp³-hybridized carbons (Fsp3) is 0.208. The second-order valence-corrected chi connectivity index (χ2v) is 9.01. The van der Waals surface area contributed by atoms with E-state index in [2.05, 4.69) is 5.32 Å². The average molecular weight is 461 g/mol. The SMILES string of the molecule is O=C1Nc2ccc(-c3ccc4c(c3)OCO4)cc2C(=O)N2CCN(C(=O)c3cccs3)C[C@H]12. The molecule has 4 heterocycles. The lowest BCUT2D eigenvalue weighted by molar-refractivity contribution is -0.121. The van der Waals surface area contributed by atoms with E-state index < -0.39 is 6.04 Å². The number of hydrogen-bond donors (Lipinski definition) is 1. The molecular weight excluding hydrogens is 442 g/mol. The van der Waals surface area contributed by atoms with Crippen molar-refractivity contribution in [1.82, 2.24) is 9.80 Å². The van der Waals surface area contributed by atoms with Gasteiger partial charge in [-0.25, -0.2) is 0 Å². The van der Waals surface area contributed by atoms with Crippen molar-refractivity contribution in [3.05, 3.63) is 64.4 Å². The van der Waals surface area contributed by atoms with Gasteiger partial charge in [-0.15, -0.1) is 11.3 Å². The van der Waals surface area contributed by atoms with Crippen LogP contribution in [0.1, 0.15) is 20.0 Å². The molecule has 1 atom stereocenters. The highest BCUT2D eigenvalue weighted by molar-refractivity contribution is 7.12. The summed E-state index contributed by atoms with van der Waals surface area (Å²) in [6.45, 7) is 1.03. The Morgan fingerprint density at radius 3 is 2.67 bits per heavy atom. The fourth-order valence-electron chi connectivity index (χ4n) is 4.45. The summed E-state index contributed by atoms with van der Waals surface area (Å²) in [5.41, 5.74) is 2.62. The minimum absolute atomic E-state index is 0.114. The third-order valence-electron chi connectivity index (χ3n) is 6.18. The summed E-state index contributed by atoms with van der Waals surface area (Å²) in [7, 11) is 0. The molecule has 0 unspecified atom stereocenters. The number of thiophene rings is 1. The number of fused-ring (bicyclic) bond motifs is 3. The zero-order chi connectivity index (χ0) is 22.5. The Balaban J connectivity index is 1.30. The van der Waals surface area contributed by atoms with E-state index in [9.17, 15) is 14.4 Å². The molecule has 1 aromatic heterocycles. The number of anilines is 1. The van der Waals surface area contributed by atoms with Crippen LogP contribution in [-0.4, -0.2) is 60.0 Å². The van der Waals surface area contributed by atoms with Crippen molar-refractivity contribution in [3.8, 4) is 22.6 Å². The van der Waals surface area contributed by atoms with Crippen LogP contribution in [0, 0.1) is 0 Å². The maximum absolute atomic E-state index is 13.5. The minimum Gasteiger partial charge on any atom is -0.454 e. The van der Waals surface area contributed by atoms with Gasteiger partial charge >= 0.3 is 0 Å². The molecule has 0 saturated carbocycles. The highest BCUT2D eigenvalue weighted by Gasteiger charge is 2.40. The molecule has 1 fully saturated rings. The van der Waals surface area contributed by atoms with Crippen molar-refractivity contribution in [2.45, 2.75) is 6.04 Å². The van der Waals surface area contributed by atoms with E-state index in [4.69, 9.17) is 9.47 Å². The topological polar surface area (TPSA) is 88.2 Å². The summed E-state index contributed by atoms with van der Waals surface area (Å²) in [5, 5.41) is 4.73. The van der Waals surface area contributed by atoms with E-state index in [1.54, 1.807) is 28.0 Å². The van der Waals surface area contributed by atoms with Crippen molar-refractivity contribution < 1.29 is 23.9 Å². The molecule has 0 radical (unpaired) electrons. The van der Waals surface area contributed by atoms with Gasteiger partial charge < -0.3 is 24.6 Å². The Kier molecular flexibility index (Phi) is 4.58. The number of amides is 3. The van der Waals surface area contributed by atoms with Crippen LogP contribution in [0.2, 0.25) is 0 Å². The predicted octanol–water partition coefficient (Wildman–Crippen LogP) is 3.06. The quantitative estimate of drug-likeness (QED) is 0.634. The zero-order valence-electron chi connectivity index (χ0n) is 17.4. The first-order chi connectivity index (χ1) is 16.1. The third kappa shape index (κ3) is 3.32. The summed E-state index contributed by atoms with van der Waals surface area (Å²) < 4.78 is 10.8. The first-order valence-corrected chi connectivity index (χ1v) is 11.4. The maximum Gasteiger partial charge on any atom is 0.264 e. The van der Waals surface area contributed by atoms with Crippen LogP contribution in [0.4, 0.5) is 5.69 Å². The minimum atomic E-state index is -0.739. The van der Waals surface area contributed by atoms with Gasteiger partial charge in [0.15, 0.2) is 11.5 Å². The molecule has 1 N–H and O–H groups in total. The van der Waals surface area contributed by atoms with E-state index in [1.807, 2.05) is 35.7 Å². The normalized spacial score (nSPS) is 19.0. The maximum atomic E-state index is 13.5. The van der Waals surface area contributed by atoms with Gasteiger partial charge in [-0.1, -0.05) is 18.2 Å². The monoisotopic (exact) mass is 461 g/mol. The molecule has 3 aromatic rings. The Morgan fingerprint density at radius 2 is 1.82 bits per heavy atom. The molecule has 1 saturated heterocycles. The second kappa shape index (κ2) is 7.63. The molecule has 0 spiro atoms. The summed E-state index contributed by atoms with van der Waals surface area (Å²) in [5.74, 6) is 0.723. The highest BCUT2D eigenvalue weighted by Crippen LogP contribution is 2.37. The van der Waals surface area contributed by atoms with Crippen LogP contribution >= 0.6 is 11.3 Å². The number of carbonyl (C=O) groups is 3. The largest absolute Gasteiger partial charge is 0.454 e. The first-order valence-electron chi connectivity index (χ1n) is 10.6. The van der Waals surface area contributed by atoms with Crippen LogP contribution in [0.25, 0.3) is 11.1 Å². The van der Waals surface area contributed by atoms with Gasteiger partial charge in [0.2, 0.25) is 12.7 Å². The molecule has 2 aromatic carbocycles. The van der Waals surface area contributed by atoms with Crippen molar-refractivity contribution in [2.75, 3.05) is 31.7 Å². The second-order valence-electron chi connectivity index (χ2n) is 8.06. The van der Waals surface area contributed by atoms with Gasteiger partial charge in [0, 0.05) is 13.1 Å². The van der Waals surface area contributed by atoms with Crippen molar-refractivity contribution in [2.24, 2.45) is 0 Å². The Hall–Kier alpha value is -3.85. The van der Waals surface area contributed by atoms with Crippen LogP contribution in [0.3, 0.4) is 0 Å². The van der Waals surface area contributed by atoms with Crippen molar-refractivity contribution in [3.63, 3.8) is 0 Å². The Morgan fingerprint density at radius 1 is 1.00 bits per heavy atom. The van der Waals surface area contributed by atoms with Crippen LogP contribution < -0.4 is 14.8 Å². The van der Waals surface area contributed by atoms with Gasteiger partial charge in [0.25, 0.3) is 11.8 Å². The molecule has 3 aliphatic heterocycles. The number of rotatable bonds is 2. The molecule has 33 heavy (non-hydrogen) atoms. The lowest BCUT2D eigenvalue weighted by Gasteiger charge is -2.39. The van der Waals surface area contributed by atoms with Gasteiger partial charge in [-0.3, -0.25) is 14.4 Å². The van der Waals surface area contributed by atoms with E-state index >= 15 is 0 Å². The number of benzene rings is 2. The number of carbonyl (C=O) groups excluding carboxylic acids is 3. The smallest absolute Gasteiger partial charge is 0.264 e. The molecule has 0 bridgehead atoms. The zero-order valence-corrected chi connectivity index (χ0v) is 18.3. The lowest BCUT2D eigenvalue weighted by Crippen LogP contribution is -2.59. The Labute approximate surface area is 193 Å². The standard InChI is InChI=1S/C24H19N3O5S/c28-22-18-12-26(24(30)21-2-1-9-33-21)7-8-27(18)23(29)16-10-14(3-5-17(16)25-22)15-4-6-19-20(11-15)32-13-31-19/h1-6,9-11,18H,7-8,12-13H2,(H,25,28)/t18-/m1/s1.